The zero-order valence-corrected chi connectivity index (χ0v) is 14.2. The standard InChI is InChI=1S/C16H24N6O2/c1-3-22-8-9-23-13(14(22)12-6-7-18-21(12)2)10-17-16-20-19-15(24-16)11-4-5-11/h6-7,11,13-14H,3-5,8-10H2,1-2H3,(H,17,20)/t13-,14-/m0/s1. The zero-order valence-electron chi connectivity index (χ0n) is 14.2. The molecule has 130 valence electrons. The number of likely N-dealkylation sites (N-methyl/N-ethyl adjacent to an activating group) is 1. The minimum atomic E-state index is 0.00498. The molecule has 24 heavy (non-hydrogen) atoms. The Bertz CT molecular complexity index is 680. The molecule has 1 aliphatic carbocycles. The van der Waals surface area contributed by atoms with Crippen LogP contribution in [-0.2, 0) is 11.8 Å². The fraction of sp³-hybridized carbons (Fsp3) is 0.688. The molecule has 2 atom stereocenters. The highest BCUT2D eigenvalue weighted by molar-refractivity contribution is 5.21. The van der Waals surface area contributed by atoms with Crippen molar-refractivity contribution in [2.75, 3.05) is 31.6 Å². The first-order valence-corrected chi connectivity index (χ1v) is 8.67. The maximum atomic E-state index is 6.05. The number of rotatable bonds is 6. The van der Waals surface area contributed by atoms with Gasteiger partial charge in [0, 0.05) is 32.3 Å². The summed E-state index contributed by atoms with van der Waals surface area (Å²) in [6.45, 7) is 5.43. The van der Waals surface area contributed by atoms with E-state index < -0.39 is 0 Å². The topological polar surface area (TPSA) is 81.2 Å². The molecule has 8 nitrogen and oxygen atoms in total. The third-order valence-corrected chi connectivity index (χ3v) is 4.85. The first-order chi connectivity index (χ1) is 11.8. The minimum Gasteiger partial charge on any atom is -0.408 e. The van der Waals surface area contributed by atoms with E-state index in [0.717, 1.165) is 44.1 Å². The van der Waals surface area contributed by atoms with Crippen LogP contribution in [0, 0.1) is 0 Å². The first-order valence-electron chi connectivity index (χ1n) is 8.67. The predicted octanol–water partition coefficient (Wildman–Crippen LogP) is 1.55. The summed E-state index contributed by atoms with van der Waals surface area (Å²) < 4.78 is 13.7. The smallest absolute Gasteiger partial charge is 0.315 e. The Hall–Kier alpha value is -1.93. The van der Waals surface area contributed by atoms with E-state index in [0.29, 0.717) is 18.5 Å². The van der Waals surface area contributed by atoms with Crippen LogP contribution >= 0.6 is 0 Å². The van der Waals surface area contributed by atoms with E-state index in [-0.39, 0.29) is 12.1 Å². The number of nitrogens with one attached hydrogen (secondary N) is 1. The lowest BCUT2D eigenvalue weighted by Crippen LogP contribution is -2.48. The molecule has 0 aromatic carbocycles. The number of aryl methyl sites for hydroxylation is 1. The zero-order chi connectivity index (χ0) is 16.5. The van der Waals surface area contributed by atoms with Crippen molar-refractivity contribution in [3.63, 3.8) is 0 Å². The van der Waals surface area contributed by atoms with Gasteiger partial charge in [0.2, 0.25) is 5.89 Å². The molecule has 0 amide bonds. The first kappa shape index (κ1) is 15.6. The van der Waals surface area contributed by atoms with Gasteiger partial charge in [-0.15, -0.1) is 5.10 Å². The van der Waals surface area contributed by atoms with Crippen LogP contribution < -0.4 is 5.32 Å². The summed E-state index contributed by atoms with van der Waals surface area (Å²) in [6, 6.07) is 2.71. The van der Waals surface area contributed by atoms with Gasteiger partial charge < -0.3 is 14.5 Å². The van der Waals surface area contributed by atoms with Crippen LogP contribution in [0.2, 0.25) is 0 Å². The summed E-state index contributed by atoms with van der Waals surface area (Å²) in [4.78, 5) is 2.43. The van der Waals surface area contributed by atoms with Crippen LogP contribution in [-0.4, -0.2) is 57.2 Å². The summed E-state index contributed by atoms with van der Waals surface area (Å²) in [7, 11) is 1.97. The molecule has 4 rings (SSSR count). The molecule has 2 aromatic heterocycles. The Kier molecular flexibility index (Phi) is 4.24. The molecule has 0 radical (unpaired) electrons. The van der Waals surface area contributed by atoms with Crippen molar-refractivity contribution in [1.29, 1.82) is 0 Å². The van der Waals surface area contributed by atoms with Crippen molar-refractivity contribution in [3.05, 3.63) is 23.8 Å². The highest BCUT2D eigenvalue weighted by Crippen LogP contribution is 2.39. The Labute approximate surface area is 141 Å². The van der Waals surface area contributed by atoms with Crippen LogP contribution in [0.15, 0.2) is 16.7 Å². The molecule has 0 spiro atoms. The molecule has 2 aromatic rings. The number of hydrogen-bond acceptors (Lipinski definition) is 7. The van der Waals surface area contributed by atoms with Gasteiger partial charge in [0.1, 0.15) is 0 Å². The number of hydrogen-bond donors (Lipinski definition) is 1. The van der Waals surface area contributed by atoms with E-state index in [2.05, 4.69) is 38.5 Å². The average molecular weight is 332 g/mol. The maximum Gasteiger partial charge on any atom is 0.315 e. The van der Waals surface area contributed by atoms with Crippen LogP contribution in [0.25, 0.3) is 0 Å². The van der Waals surface area contributed by atoms with E-state index in [1.165, 1.54) is 0 Å². The van der Waals surface area contributed by atoms with Crippen molar-refractivity contribution >= 4 is 6.01 Å². The van der Waals surface area contributed by atoms with E-state index in [1.807, 2.05) is 17.9 Å². The minimum absolute atomic E-state index is 0.00498. The van der Waals surface area contributed by atoms with E-state index in [9.17, 15) is 0 Å². The molecule has 2 aliphatic rings. The van der Waals surface area contributed by atoms with Crippen LogP contribution in [0.3, 0.4) is 0 Å². The number of anilines is 1. The highest BCUT2D eigenvalue weighted by Gasteiger charge is 2.35. The van der Waals surface area contributed by atoms with E-state index in [4.69, 9.17) is 9.15 Å². The monoisotopic (exact) mass is 332 g/mol. The lowest BCUT2D eigenvalue weighted by atomic mass is 10.0. The highest BCUT2D eigenvalue weighted by atomic mass is 16.5. The van der Waals surface area contributed by atoms with Crippen molar-refractivity contribution in [2.45, 2.75) is 37.8 Å². The Balaban J connectivity index is 1.47. The second-order valence-electron chi connectivity index (χ2n) is 6.46. The summed E-state index contributed by atoms with van der Waals surface area (Å²) in [5.41, 5.74) is 1.16. The van der Waals surface area contributed by atoms with Crippen molar-refractivity contribution in [3.8, 4) is 0 Å². The molecule has 0 bridgehead atoms. The lowest BCUT2D eigenvalue weighted by molar-refractivity contribution is -0.0665. The van der Waals surface area contributed by atoms with Gasteiger partial charge in [-0.05, 0) is 25.5 Å². The SMILES string of the molecule is CCN1CCO[C@@H](CNc2nnc(C3CC3)o2)[C@@H]1c1ccnn1C. The molecule has 8 heteroatoms. The number of aromatic nitrogens is 4. The Morgan fingerprint density at radius 2 is 2.21 bits per heavy atom. The second kappa shape index (κ2) is 6.52. The number of ether oxygens (including phenoxy) is 1. The van der Waals surface area contributed by atoms with Gasteiger partial charge in [-0.1, -0.05) is 12.0 Å². The van der Waals surface area contributed by atoms with Gasteiger partial charge in [0.05, 0.1) is 24.4 Å². The van der Waals surface area contributed by atoms with Gasteiger partial charge in [-0.2, -0.15) is 5.10 Å². The Morgan fingerprint density at radius 1 is 1.33 bits per heavy atom. The predicted molar refractivity (Wildman–Crippen MR) is 87.7 cm³/mol. The lowest BCUT2D eigenvalue weighted by Gasteiger charge is -2.40. The van der Waals surface area contributed by atoms with Gasteiger partial charge in [0.25, 0.3) is 0 Å². The summed E-state index contributed by atoms with van der Waals surface area (Å²) in [5.74, 6) is 1.22. The second-order valence-corrected chi connectivity index (χ2v) is 6.46. The van der Waals surface area contributed by atoms with Gasteiger partial charge in [0.15, 0.2) is 0 Å². The Morgan fingerprint density at radius 3 is 2.92 bits per heavy atom. The number of nitrogens with zero attached hydrogens (tertiary/aromatic N) is 5. The molecule has 1 saturated heterocycles. The van der Waals surface area contributed by atoms with Gasteiger partial charge >= 0.3 is 6.01 Å². The molecule has 1 saturated carbocycles. The van der Waals surface area contributed by atoms with Crippen LogP contribution in [0.4, 0.5) is 6.01 Å². The van der Waals surface area contributed by atoms with Gasteiger partial charge in [-0.3, -0.25) is 9.58 Å². The quantitative estimate of drug-likeness (QED) is 0.859. The average Bonchev–Trinajstić information content (AvgIpc) is 3.20. The maximum absolute atomic E-state index is 6.05. The summed E-state index contributed by atoms with van der Waals surface area (Å²) in [6.07, 6.45) is 4.15. The van der Waals surface area contributed by atoms with Crippen molar-refractivity contribution in [1.82, 2.24) is 24.9 Å². The molecular weight excluding hydrogens is 308 g/mol. The molecule has 3 heterocycles. The third kappa shape index (κ3) is 3.03. The van der Waals surface area contributed by atoms with Crippen LogP contribution in [0.1, 0.15) is 43.3 Å². The van der Waals surface area contributed by atoms with Gasteiger partial charge in [-0.25, -0.2) is 0 Å². The van der Waals surface area contributed by atoms with Crippen molar-refractivity contribution < 1.29 is 9.15 Å². The van der Waals surface area contributed by atoms with Crippen molar-refractivity contribution in [2.24, 2.45) is 7.05 Å². The summed E-state index contributed by atoms with van der Waals surface area (Å²) in [5, 5.41) is 15.8. The molecule has 1 N–H and O–H groups in total. The van der Waals surface area contributed by atoms with Crippen LogP contribution in [0.5, 0.6) is 0 Å². The fourth-order valence-electron chi connectivity index (χ4n) is 3.35. The van der Waals surface area contributed by atoms with E-state index >= 15 is 0 Å². The van der Waals surface area contributed by atoms with E-state index in [1.54, 1.807) is 0 Å². The fourth-order valence-corrected chi connectivity index (χ4v) is 3.35. The molecular formula is C16H24N6O2. The molecule has 2 fully saturated rings. The third-order valence-electron chi connectivity index (χ3n) is 4.85. The molecule has 0 unspecified atom stereocenters. The normalized spacial score (nSPS) is 25.1. The largest absolute Gasteiger partial charge is 0.408 e. The molecule has 1 aliphatic heterocycles. The summed E-state index contributed by atoms with van der Waals surface area (Å²) >= 11 is 0. The number of morpholine rings is 1.